The summed E-state index contributed by atoms with van der Waals surface area (Å²) in [6, 6.07) is 0. The zero-order valence-corrected chi connectivity index (χ0v) is 3.44. The summed E-state index contributed by atoms with van der Waals surface area (Å²) in [5.74, 6) is 0. The number of hydrogen-bond acceptors (Lipinski definition) is 0. The first-order valence-corrected chi connectivity index (χ1v) is 1.93. The third-order valence-corrected chi connectivity index (χ3v) is 0. The van der Waals surface area contributed by atoms with E-state index in [0.29, 0.717) is 0 Å². The van der Waals surface area contributed by atoms with Gasteiger partial charge in [0.1, 0.15) is 0 Å². The maximum atomic E-state index is 2.58. The first-order valence-electron chi connectivity index (χ1n) is 1.12. The number of hydrogen-bond donors (Lipinski definition) is 0. The Balaban J connectivity index is 0. The second kappa shape index (κ2) is 8.98. The standard InChI is InChI=1S/C2H7P.Li.H/c1-2-3;;/h2-3H2,1H3;;. The van der Waals surface area contributed by atoms with Gasteiger partial charge in [-0.2, -0.15) is 0 Å². The fourth-order valence-corrected chi connectivity index (χ4v) is 0. The fraction of sp³-hybridized carbons (Fsp3) is 1.00. The maximum absolute atomic E-state index is 2.58. The van der Waals surface area contributed by atoms with Crippen LogP contribution in [0.25, 0.3) is 0 Å². The molecule has 1 unspecified atom stereocenters. The van der Waals surface area contributed by atoms with Crippen LogP contribution >= 0.6 is 9.24 Å². The van der Waals surface area contributed by atoms with E-state index in [0.717, 1.165) is 0 Å². The Labute approximate surface area is 41.7 Å². The third kappa shape index (κ3) is 11.8. The van der Waals surface area contributed by atoms with Crippen molar-refractivity contribution in [3.8, 4) is 0 Å². The van der Waals surface area contributed by atoms with Crippen LogP contribution in [0.1, 0.15) is 6.92 Å². The SMILES string of the molecule is CCP.[LiH]. The molecule has 22 valence electrons. The van der Waals surface area contributed by atoms with Crippen molar-refractivity contribution in [3.05, 3.63) is 0 Å². The summed E-state index contributed by atoms with van der Waals surface area (Å²) in [4.78, 5) is 0. The van der Waals surface area contributed by atoms with E-state index in [1.54, 1.807) is 0 Å². The van der Waals surface area contributed by atoms with E-state index in [4.69, 9.17) is 0 Å². The summed E-state index contributed by atoms with van der Waals surface area (Å²) in [6.45, 7) is 2.09. The average molecular weight is 70.0 g/mol. The summed E-state index contributed by atoms with van der Waals surface area (Å²) in [5, 5.41) is 0. The number of rotatable bonds is 0. The van der Waals surface area contributed by atoms with Crippen LogP contribution in [0.15, 0.2) is 0 Å². The van der Waals surface area contributed by atoms with Crippen molar-refractivity contribution in [2.75, 3.05) is 6.16 Å². The molecule has 0 nitrogen and oxygen atoms in total. The molecule has 0 saturated carbocycles. The molecule has 0 bridgehead atoms. The van der Waals surface area contributed by atoms with Crippen molar-refractivity contribution in [2.24, 2.45) is 0 Å². The Morgan fingerprint density at radius 3 is 1.75 bits per heavy atom. The van der Waals surface area contributed by atoms with Crippen LogP contribution in [-0.2, 0) is 0 Å². The fourth-order valence-electron chi connectivity index (χ4n) is 0. The molecule has 0 aliphatic heterocycles. The monoisotopic (exact) mass is 70.1 g/mol. The normalized spacial score (nSPS) is 4.50. The zero-order chi connectivity index (χ0) is 2.71. The van der Waals surface area contributed by atoms with Gasteiger partial charge in [-0.25, -0.2) is 0 Å². The van der Waals surface area contributed by atoms with Gasteiger partial charge in [-0.1, -0.05) is 6.92 Å². The van der Waals surface area contributed by atoms with Gasteiger partial charge < -0.3 is 0 Å². The molecule has 0 heterocycles. The van der Waals surface area contributed by atoms with Gasteiger partial charge in [0.15, 0.2) is 0 Å². The van der Waals surface area contributed by atoms with Crippen molar-refractivity contribution < 1.29 is 0 Å². The van der Waals surface area contributed by atoms with Gasteiger partial charge in [0.05, 0.1) is 0 Å². The molecule has 2 heteroatoms. The van der Waals surface area contributed by atoms with E-state index in [1.165, 1.54) is 6.16 Å². The first-order chi connectivity index (χ1) is 1.41. The summed E-state index contributed by atoms with van der Waals surface area (Å²) >= 11 is 0. The van der Waals surface area contributed by atoms with Gasteiger partial charge >= 0.3 is 18.9 Å². The Morgan fingerprint density at radius 1 is 1.75 bits per heavy atom. The molecule has 0 aromatic rings. The van der Waals surface area contributed by atoms with Gasteiger partial charge in [0.25, 0.3) is 0 Å². The Kier molecular flexibility index (Phi) is 20.0. The van der Waals surface area contributed by atoms with Gasteiger partial charge in [-0.15, -0.1) is 9.24 Å². The van der Waals surface area contributed by atoms with E-state index in [2.05, 4.69) is 16.2 Å². The molecule has 0 aromatic heterocycles. The molecule has 0 aromatic carbocycles. The minimum absolute atomic E-state index is 0. The van der Waals surface area contributed by atoms with E-state index >= 15 is 0 Å². The van der Waals surface area contributed by atoms with E-state index < -0.39 is 0 Å². The molecular formula is C2H8LiP. The molecule has 0 aliphatic carbocycles. The van der Waals surface area contributed by atoms with Crippen LogP contribution < -0.4 is 0 Å². The van der Waals surface area contributed by atoms with Crippen LogP contribution in [-0.4, -0.2) is 25.0 Å². The average Bonchev–Trinajstić information content (AvgIpc) is 0.918. The molecule has 0 aliphatic rings. The quantitative estimate of drug-likeness (QED) is 0.283. The van der Waals surface area contributed by atoms with Gasteiger partial charge in [-0.3, -0.25) is 0 Å². The van der Waals surface area contributed by atoms with Crippen LogP contribution in [0.5, 0.6) is 0 Å². The predicted octanol–water partition coefficient (Wildman–Crippen LogP) is 0.233. The Morgan fingerprint density at radius 2 is 1.75 bits per heavy atom. The molecular weight excluding hydrogens is 61.9 g/mol. The van der Waals surface area contributed by atoms with Gasteiger partial charge in [0.2, 0.25) is 0 Å². The summed E-state index contributed by atoms with van der Waals surface area (Å²) < 4.78 is 0. The first kappa shape index (κ1) is 8.90. The second-order valence-corrected chi connectivity index (χ2v) is 1.22. The van der Waals surface area contributed by atoms with Crippen molar-refractivity contribution >= 4 is 28.1 Å². The zero-order valence-electron chi connectivity index (χ0n) is 2.28. The molecule has 0 saturated heterocycles. The topological polar surface area (TPSA) is 0 Å². The van der Waals surface area contributed by atoms with Crippen LogP contribution in [0, 0.1) is 0 Å². The Bertz CT molecular complexity index is 6.00. The summed E-state index contributed by atoms with van der Waals surface area (Å²) in [7, 11) is 2.58. The minimum atomic E-state index is 0. The third-order valence-electron chi connectivity index (χ3n) is 0. The molecule has 0 radical (unpaired) electrons. The summed E-state index contributed by atoms with van der Waals surface area (Å²) in [6.07, 6.45) is 1.17. The molecule has 0 spiro atoms. The molecule has 1 atom stereocenters. The van der Waals surface area contributed by atoms with Crippen molar-refractivity contribution in [3.63, 3.8) is 0 Å². The van der Waals surface area contributed by atoms with Crippen molar-refractivity contribution in [1.29, 1.82) is 0 Å². The molecule has 0 N–H and O–H groups in total. The predicted molar refractivity (Wildman–Crippen MR) is 27.4 cm³/mol. The van der Waals surface area contributed by atoms with Crippen LogP contribution in [0.4, 0.5) is 0 Å². The van der Waals surface area contributed by atoms with Crippen LogP contribution in [0.3, 0.4) is 0 Å². The van der Waals surface area contributed by atoms with E-state index in [1.807, 2.05) is 0 Å². The van der Waals surface area contributed by atoms with Crippen molar-refractivity contribution in [1.82, 2.24) is 0 Å². The van der Waals surface area contributed by atoms with Crippen LogP contribution in [0.2, 0.25) is 0 Å². The van der Waals surface area contributed by atoms with Gasteiger partial charge in [-0.05, 0) is 6.16 Å². The summed E-state index contributed by atoms with van der Waals surface area (Å²) in [5.41, 5.74) is 0. The molecule has 4 heavy (non-hydrogen) atoms. The molecule has 0 rings (SSSR count). The van der Waals surface area contributed by atoms with Gasteiger partial charge in [0, 0.05) is 0 Å². The van der Waals surface area contributed by atoms with Crippen molar-refractivity contribution in [2.45, 2.75) is 6.92 Å². The van der Waals surface area contributed by atoms with E-state index in [9.17, 15) is 0 Å². The molecule has 0 fully saturated rings. The molecule has 0 amide bonds. The Hall–Kier alpha value is 1.03. The second-order valence-electron chi connectivity index (χ2n) is 0.408. The van der Waals surface area contributed by atoms with E-state index in [-0.39, 0.29) is 18.9 Å².